The number of nitrogens with one attached hydrogen (secondary N) is 1. The summed E-state index contributed by atoms with van der Waals surface area (Å²) < 4.78 is 6.10. The van der Waals surface area contributed by atoms with Crippen molar-refractivity contribution in [2.45, 2.75) is 19.8 Å². The summed E-state index contributed by atoms with van der Waals surface area (Å²) in [6, 6.07) is 12.8. The zero-order valence-electron chi connectivity index (χ0n) is 16.3. The summed E-state index contributed by atoms with van der Waals surface area (Å²) in [6.45, 7) is 2.03. The number of hydrogen-bond acceptors (Lipinski definition) is 4. The minimum Gasteiger partial charge on any atom is -0.478 e. The second-order valence-corrected chi connectivity index (χ2v) is 7.14. The van der Waals surface area contributed by atoms with Crippen molar-refractivity contribution in [3.05, 3.63) is 87.3 Å². The lowest BCUT2D eigenvalue weighted by molar-refractivity contribution is -0.131. The Labute approximate surface area is 172 Å². The number of carboxylic acid groups (broad SMARTS) is 1. The molecule has 30 heavy (non-hydrogen) atoms. The standard InChI is InChI=1S/C24H19NO5/c1-14-4-2-3-5-15(14)12-16-6-8-19-23(29)18-9-7-17(13-20(18)30-24(16)19)25-21(26)10-11-22(27)28/h2-5,7,9-13H,6,8H2,1H3,(H,25,26)(H,27,28)/b11-10-,16-12+. The highest BCUT2D eigenvalue weighted by Gasteiger charge is 2.24. The predicted molar refractivity (Wildman–Crippen MR) is 115 cm³/mol. The van der Waals surface area contributed by atoms with Crippen molar-refractivity contribution in [1.29, 1.82) is 0 Å². The number of carbonyl (C=O) groups excluding carboxylic acids is 1. The first kappa shape index (κ1) is 19.4. The van der Waals surface area contributed by atoms with E-state index in [4.69, 9.17) is 9.52 Å². The lowest BCUT2D eigenvalue weighted by atomic mass is 10.0. The molecule has 0 aliphatic heterocycles. The Morgan fingerprint density at radius 2 is 1.90 bits per heavy atom. The van der Waals surface area contributed by atoms with Crippen molar-refractivity contribution in [3.8, 4) is 0 Å². The summed E-state index contributed by atoms with van der Waals surface area (Å²) >= 11 is 0. The molecule has 6 heteroatoms. The summed E-state index contributed by atoms with van der Waals surface area (Å²) in [5.41, 5.74) is 4.57. The van der Waals surface area contributed by atoms with Crippen molar-refractivity contribution in [2.75, 3.05) is 5.32 Å². The number of allylic oxidation sites excluding steroid dienone is 1. The molecular formula is C24H19NO5. The van der Waals surface area contributed by atoms with E-state index < -0.39 is 11.9 Å². The van der Waals surface area contributed by atoms with Crippen molar-refractivity contribution in [1.82, 2.24) is 0 Å². The average molecular weight is 401 g/mol. The molecule has 0 spiro atoms. The fourth-order valence-corrected chi connectivity index (χ4v) is 3.57. The molecule has 1 aliphatic rings. The number of amides is 1. The highest BCUT2D eigenvalue weighted by atomic mass is 16.4. The maximum atomic E-state index is 12.9. The molecule has 6 nitrogen and oxygen atoms in total. The first-order chi connectivity index (χ1) is 14.4. The van der Waals surface area contributed by atoms with Crippen LogP contribution in [0, 0.1) is 6.92 Å². The highest BCUT2D eigenvalue weighted by molar-refractivity contribution is 6.03. The molecule has 0 fully saturated rings. The smallest absolute Gasteiger partial charge is 0.328 e. The monoisotopic (exact) mass is 401 g/mol. The summed E-state index contributed by atoms with van der Waals surface area (Å²) in [7, 11) is 0. The molecule has 2 aromatic carbocycles. The molecule has 0 radical (unpaired) electrons. The van der Waals surface area contributed by atoms with E-state index in [-0.39, 0.29) is 5.43 Å². The van der Waals surface area contributed by atoms with E-state index in [0.717, 1.165) is 35.3 Å². The van der Waals surface area contributed by atoms with Gasteiger partial charge >= 0.3 is 5.97 Å². The lowest BCUT2D eigenvalue weighted by Crippen LogP contribution is -2.11. The van der Waals surface area contributed by atoms with E-state index in [1.807, 2.05) is 31.2 Å². The molecule has 0 saturated heterocycles. The Morgan fingerprint density at radius 1 is 1.10 bits per heavy atom. The van der Waals surface area contributed by atoms with Crippen LogP contribution in [0.2, 0.25) is 0 Å². The van der Waals surface area contributed by atoms with Gasteiger partial charge in [-0.15, -0.1) is 0 Å². The maximum absolute atomic E-state index is 12.9. The average Bonchev–Trinajstić information content (AvgIpc) is 3.11. The Bertz CT molecular complexity index is 1300. The fourth-order valence-electron chi connectivity index (χ4n) is 3.57. The zero-order chi connectivity index (χ0) is 21.3. The number of aryl methyl sites for hydroxylation is 1. The highest BCUT2D eigenvalue weighted by Crippen LogP contribution is 2.35. The largest absolute Gasteiger partial charge is 0.478 e. The van der Waals surface area contributed by atoms with E-state index in [9.17, 15) is 14.4 Å². The topological polar surface area (TPSA) is 96.6 Å². The van der Waals surface area contributed by atoms with Crippen LogP contribution < -0.4 is 10.7 Å². The summed E-state index contributed by atoms with van der Waals surface area (Å²) in [5.74, 6) is -1.21. The van der Waals surface area contributed by atoms with Gasteiger partial charge in [-0.2, -0.15) is 0 Å². The van der Waals surface area contributed by atoms with Gasteiger partial charge in [0.05, 0.1) is 5.39 Å². The first-order valence-corrected chi connectivity index (χ1v) is 9.50. The molecule has 0 saturated carbocycles. The van der Waals surface area contributed by atoms with Gasteiger partial charge in [-0.1, -0.05) is 24.3 Å². The van der Waals surface area contributed by atoms with Crippen LogP contribution in [-0.2, 0) is 16.0 Å². The van der Waals surface area contributed by atoms with Gasteiger partial charge in [0.15, 0.2) is 5.43 Å². The van der Waals surface area contributed by atoms with Crippen molar-refractivity contribution < 1.29 is 19.1 Å². The van der Waals surface area contributed by atoms with E-state index in [1.165, 1.54) is 0 Å². The van der Waals surface area contributed by atoms with E-state index in [0.29, 0.717) is 34.4 Å². The normalized spacial score (nSPS) is 14.4. The third-order valence-electron chi connectivity index (χ3n) is 5.09. The molecule has 0 unspecified atom stereocenters. The zero-order valence-corrected chi connectivity index (χ0v) is 16.3. The van der Waals surface area contributed by atoms with Gasteiger partial charge in [0.1, 0.15) is 11.3 Å². The second-order valence-electron chi connectivity index (χ2n) is 7.14. The predicted octanol–water partition coefficient (Wildman–Crippen LogP) is 4.17. The van der Waals surface area contributed by atoms with E-state index in [1.54, 1.807) is 18.2 Å². The number of carboxylic acids is 1. The lowest BCUT2D eigenvalue weighted by Gasteiger charge is -2.07. The Morgan fingerprint density at radius 3 is 2.67 bits per heavy atom. The van der Waals surface area contributed by atoms with Crippen LogP contribution in [0.3, 0.4) is 0 Å². The number of anilines is 1. The quantitative estimate of drug-likeness (QED) is 0.640. The third-order valence-corrected chi connectivity index (χ3v) is 5.09. The molecule has 4 rings (SSSR count). The van der Waals surface area contributed by atoms with Gasteiger partial charge in [0, 0.05) is 29.5 Å². The maximum Gasteiger partial charge on any atom is 0.328 e. The van der Waals surface area contributed by atoms with Gasteiger partial charge in [-0.25, -0.2) is 4.79 Å². The van der Waals surface area contributed by atoms with Crippen LogP contribution in [0.15, 0.2) is 63.8 Å². The number of carbonyl (C=O) groups is 2. The number of hydrogen-bond donors (Lipinski definition) is 2. The Hall–Kier alpha value is -3.93. The molecule has 0 bridgehead atoms. The molecular weight excluding hydrogens is 382 g/mol. The molecule has 1 heterocycles. The van der Waals surface area contributed by atoms with Crippen molar-refractivity contribution in [2.24, 2.45) is 0 Å². The van der Waals surface area contributed by atoms with Gasteiger partial charge < -0.3 is 14.8 Å². The van der Waals surface area contributed by atoms with Gasteiger partial charge in [0.2, 0.25) is 5.91 Å². The van der Waals surface area contributed by atoms with Gasteiger partial charge in [-0.05, 0) is 54.7 Å². The summed E-state index contributed by atoms with van der Waals surface area (Å²) in [4.78, 5) is 35.3. The van der Waals surface area contributed by atoms with Crippen LogP contribution in [0.1, 0.15) is 28.9 Å². The number of aliphatic carboxylic acids is 1. The third kappa shape index (κ3) is 3.80. The van der Waals surface area contributed by atoms with Crippen LogP contribution in [0.4, 0.5) is 5.69 Å². The molecule has 2 N–H and O–H groups in total. The van der Waals surface area contributed by atoms with E-state index >= 15 is 0 Å². The van der Waals surface area contributed by atoms with Crippen molar-refractivity contribution >= 4 is 40.2 Å². The minimum absolute atomic E-state index is 0.0666. The fraction of sp³-hybridized carbons (Fsp3) is 0.125. The van der Waals surface area contributed by atoms with Crippen LogP contribution in [0.5, 0.6) is 0 Å². The van der Waals surface area contributed by atoms with Crippen LogP contribution in [0.25, 0.3) is 22.6 Å². The molecule has 150 valence electrons. The molecule has 0 atom stereocenters. The van der Waals surface area contributed by atoms with Gasteiger partial charge in [0.25, 0.3) is 0 Å². The first-order valence-electron chi connectivity index (χ1n) is 9.50. The molecule has 1 aliphatic carbocycles. The van der Waals surface area contributed by atoms with Crippen molar-refractivity contribution in [3.63, 3.8) is 0 Å². The number of benzene rings is 2. The van der Waals surface area contributed by atoms with E-state index in [2.05, 4.69) is 11.4 Å². The van der Waals surface area contributed by atoms with Crippen LogP contribution in [-0.4, -0.2) is 17.0 Å². The minimum atomic E-state index is -1.21. The molecule has 1 aromatic heterocycles. The SMILES string of the molecule is Cc1ccccc1/C=C1\CCc2c1oc1cc(NC(=O)/C=C\C(=O)O)ccc1c2=O. The summed E-state index contributed by atoms with van der Waals surface area (Å²) in [5, 5.41) is 11.6. The summed E-state index contributed by atoms with van der Waals surface area (Å²) in [6.07, 6.45) is 5.09. The Kier molecular flexibility index (Phi) is 5.06. The second kappa shape index (κ2) is 7.83. The van der Waals surface area contributed by atoms with Gasteiger partial charge in [-0.3, -0.25) is 9.59 Å². The van der Waals surface area contributed by atoms with Crippen LogP contribution >= 0.6 is 0 Å². The number of fused-ring (bicyclic) bond motifs is 2. The Balaban J connectivity index is 1.73. The number of rotatable bonds is 4. The molecule has 3 aromatic rings. The molecule has 1 amide bonds.